The van der Waals surface area contributed by atoms with Crippen LogP contribution >= 0.6 is 11.3 Å². The number of nitrogens with zero attached hydrogens (tertiary/aromatic N) is 2. The van der Waals surface area contributed by atoms with Crippen LogP contribution in [0.25, 0.3) is 0 Å². The molecule has 3 heterocycles. The molecule has 7 heteroatoms. The van der Waals surface area contributed by atoms with Gasteiger partial charge in [-0.1, -0.05) is 0 Å². The first-order valence-corrected chi connectivity index (χ1v) is 9.39. The molecule has 2 aromatic rings. The van der Waals surface area contributed by atoms with Crippen molar-refractivity contribution in [2.45, 2.75) is 19.9 Å². The minimum atomic E-state index is -0.321. The number of amides is 2. The molecule has 0 unspecified atom stereocenters. The molecule has 1 aromatic heterocycles. The molecule has 4 rings (SSSR count). The summed E-state index contributed by atoms with van der Waals surface area (Å²) in [5.74, 6) is 0.963. The van der Waals surface area contributed by atoms with Gasteiger partial charge in [0, 0.05) is 36.6 Å². The summed E-state index contributed by atoms with van der Waals surface area (Å²) in [6.45, 7) is 3.22. The smallest absolute Gasteiger partial charge is 0.231 e. The fourth-order valence-electron chi connectivity index (χ4n) is 3.35. The van der Waals surface area contributed by atoms with Crippen LogP contribution in [0.1, 0.15) is 16.9 Å². The van der Waals surface area contributed by atoms with E-state index in [0.717, 1.165) is 5.69 Å². The van der Waals surface area contributed by atoms with Gasteiger partial charge in [0.05, 0.1) is 12.5 Å². The van der Waals surface area contributed by atoms with Crippen LogP contribution in [0.15, 0.2) is 29.6 Å². The maximum atomic E-state index is 12.8. The van der Waals surface area contributed by atoms with Gasteiger partial charge in [0.15, 0.2) is 11.5 Å². The molecule has 1 atom stereocenters. The molecule has 0 saturated carbocycles. The van der Waals surface area contributed by atoms with E-state index in [1.807, 2.05) is 18.4 Å². The van der Waals surface area contributed by atoms with E-state index in [-0.39, 0.29) is 30.9 Å². The van der Waals surface area contributed by atoms with Crippen molar-refractivity contribution < 1.29 is 19.1 Å². The van der Waals surface area contributed by atoms with Crippen molar-refractivity contribution in [3.05, 3.63) is 40.1 Å². The van der Waals surface area contributed by atoms with E-state index in [1.165, 1.54) is 10.4 Å². The number of thiophene rings is 1. The van der Waals surface area contributed by atoms with Crippen LogP contribution in [-0.4, -0.2) is 37.1 Å². The monoisotopic (exact) mass is 372 g/mol. The normalized spacial score (nSPS) is 18.5. The predicted molar refractivity (Wildman–Crippen MR) is 98.6 cm³/mol. The highest BCUT2D eigenvalue weighted by atomic mass is 32.1. The molecular weight excluding hydrogens is 352 g/mol. The molecule has 2 aliphatic heterocycles. The molecule has 136 valence electrons. The number of aryl methyl sites for hydroxylation is 1. The fraction of sp³-hybridized carbons (Fsp3) is 0.368. The van der Waals surface area contributed by atoms with Gasteiger partial charge in [-0.25, -0.2) is 0 Å². The Kier molecular flexibility index (Phi) is 4.32. The van der Waals surface area contributed by atoms with Gasteiger partial charge < -0.3 is 19.3 Å². The maximum absolute atomic E-state index is 12.8. The molecule has 6 nitrogen and oxygen atoms in total. The Hall–Kier alpha value is -2.54. The zero-order chi connectivity index (χ0) is 18.3. The largest absolute Gasteiger partial charge is 0.454 e. The number of ether oxygens (including phenoxy) is 2. The lowest BCUT2D eigenvalue weighted by Gasteiger charge is -2.21. The fourth-order valence-corrected chi connectivity index (χ4v) is 4.31. The van der Waals surface area contributed by atoms with E-state index in [9.17, 15) is 9.59 Å². The van der Waals surface area contributed by atoms with Gasteiger partial charge in [0.2, 0.25) is 18.6 Å². The van der Waals surface area contributed by atoms with Gasteiger partial charge in [0.1, 0.15) is 0 Å². The molecule has 1 fully saturated rings. The SMILES string of the molecule is Cc1ccsc1CN(C)C(=O)[C@@H]1CC(=O)N(c2ccc3c(c2)OCO3)C1. The van der Waals surface area contributed by atoms with Gasteiger partial charge in [-0.2, -0.15) is 0 Å². The summed E-state index contributed by atoms with van der Waals surface area (Å²) in [4.78, 5) is 29.8. The Balaban J connectivity index is 1.45. The quantitative estimate of drug-likeness (QED) is 0.828. The third-order valence-electron chi connectivity index (χ3n) is 4.87. The Labute approximate surface area is 155 Å². The molecule has 1 aromatic carbocycles. The lowest BCUT2D eigenvalue weighted by molar-refractivity contribution is -0.135. The van der Waals surface area contributed by atoms with Crippen LogP contribution in [0.3, 0.4) is 0 Å². The zero-order valence-corrected chi connectivity index (χ0v) is 15.5. The van der Waals surface area contributed by atoms with Crippen molar-refractivity contribution >= 4 is 28.8 Å². The van der Waals surface area contributed by atoms with Gasteiger partial charge in [-0.15, -0.1) is 11.3 Å². The number of benzene rings is 1. The lowest BCUT2D eigenvalue weighted by Crippen LogP contribution is -2.34. The van der Waals surface area contributed by atoms with Crippen molar-refractivity contribution in [1.82, 2.24) is 4.90 Å². The van der Waals surface area contributed by atoms with Crippen LogP contribution in [0, 0.1) is 12.8 Å². The average molecular weight is 372 g/mol. The second-order valence-electron chi connectivity index (χ2n) is 6.66. The van der Waals surface area contributed by atoms with Crippen LogP contribution in [0.5, 0.6) is 11.5 Å². The molecule has 2 aliphatic rings. The van der Waals surface area contributed by atoms with Crippen molar-refractivity contribution in [2.75, 3.05) is 25.3 Å². The summed E-state index contributed by atoms with van der Waals surface area (Å²) >= 11 is 1.65. The highest BCUT2D eigenvalue weighted by Gasteiger charge is 2.37. The topological polar surface area (TPSA) is 59.1 Å². The third-order valence-corrected chi connectivity index (χ3v) is 5.88. The summed E-state index contributed by atoms with van der Waals surface area (Å²) < 4.78 is 10.7. The highest BCUT2D eigenvalue weighted by Crippen LogP contribution is 2.37. The molecule has 0 bridgehead atoms. The summed E-state index contributed by atoms with van der Waals surface area (Å²) in [6, 6.07) is 7.48. The Morgan fingerprint density at radius 3 is 2.88 bits per heavy atom. The van der Waals surface area contributed by atoms with E-state index < -0.39 is 0 Å². The first-order valence-electron chi connectivity index (χ1n) is 8.51. The Morgan fingerprint density at radius 1 is 1.31 bits per heavy atom. The van der Waals surface area contributed by atoms with Crippen molar-refractivity contribution in [1.29, 1.82) is 0 Å². The van der Waals surface area contributed by atoms with E-state index in [2.05, 4.69) is 6.07 Å². The third kappa shape index (κ3) is 3.03. The summed E-state index contributed by atoms with van der Waals surface area (Å²) in [5, 5.41) is 2.03. The molecule has 0 N–H and O–H groups in total. The van der Waals surface area contributed by atoms with Crippen LogP contribution < -0.4 is 14.4 Å². The Bertz CT molecular complexity index is 863. The first-order chi connectivity index (χ1) is 12.5. The minimum absolute atomic E-state index is 0.00870. The van der Waals surface area contributed by atoms with Gasteiger partial charge >= 0.3 is 0 Å². The first kappa shape index (κ1) is 16.9. The van der Waals surface area contributed by atoms with Crippen LogP contribution in [0.4, 0.5) is 5.69 Å². The van der Waals surface area contributed by atoms with Crippen LogP contribution in [0.2, 0.25) is 0 Å². The summed E-state index contributed by atoms with van der Waals surface area (Å²) in [6.07, 6.45) is 0.237. The minimum Gasteiger partial charge on any atom is -0.454 e. The number of carbonyl (C=O) groups excluding carboxylic acids is 2. The molecular formula is C19H20N2O4S. The highest BCUT2D eigenvalue weighted by molar-refractivity contribution is 7.10. The summed E-state index contributed by atoms with van der Waals surface area (Å²) in [7, 11) is 1.80. The van der Waals surface area contributed by atoms with Crippen molar-refractivity contribution in [3.63, 3.8) is 0 Å². The molecule has 0 radical (unpaired) electrons. The molecule has 1 saturated heterocycles. The maximum Gasteiger partial charge on any atom is 0.231 e. The number of anilines is 1. The standard InChI is InChI=1S/C19H20N2O4S/c1-12-5-6-26-17(12)10-20(2)19(23)13-7-18(22)21(9-13)14-3-4-15-16(8-14)25-11-24-15/h3-6,8,13H,7,9-11H2,1-2H3/t13-/m1/s1. The second-order valence-corrected chi connectivity index (χ2v) is 7.66. The van der Waals surface area contributed by atoms with Crippen molar-refractivity contribution in [2.24, 2.45) is 5.92 Å². The van der Waals surface area contributed by atoms with Crippen molar-refractivity contribution in [3.8, 4) is 11.5 Å². The van der Waals surface area contributed by atoms with Gasteiger partial charge in [-0.05, 0) is 36.1 Å². The number of hydrogen-bond acceptors (Lipinski definition) is 5. The lowest BCUT2D eigenvalue weighted by atomic mass is 10.1. The van der Waals surface area contributed by atoms with Crippen LogP contribution in [-0.2, 0) is 16.1 Å². The zero-order valence-electron chi connectivity index (χ0n) is 14.7. The second kappa shape index (κ2) is 6.64. The predicted octanol–water partition coefficient (Wildman–Crippen LogP) is 2.80. The van der Waals surface area contributed by atoms with Gasteiger partial charge in [0.25, 0.3) is 0 Å². The number of hydrogen-bond donors (Lipinski definition) is 0. The van der Waals surface area contributed by atoms with E-state index in [0.29, 0.717) is 24.6 Å². The molecule has 2 amide bonds. The number of fused-ring (bicyclic) bond motifs is 1. The summed E-state index contributed by atoms with van der Waals surface area (Å²) in [5.41, 5.74) is 1.94. The molecule has 26 heavy (non-hydrogen) atoms. The van der Waals surface area contributed by atoms with E-state index in [1.54, 1.807) is 40.3 Å². The molecule has 0 aliphatic carbocycles. The number of rotatable bonds is 4. The van der Waals surface area contributed by atoms with E-state index in [4.69, 9.17) is 9.47 Å². The molecule has 0 spiro atoms. The Morgan fingerprint density at radius 2 is 2.12 bits per heavy atom. The average Bonchev–Trinajstić information content (AvgIpc) is 3.34. The van der Waals surface area contributed by atoms with Gasteiger partial charge in [-0.3, -0.25) is 9.59 Å². The number of carbonyl (C=O) groups is 2. The van der Waals surface area contributed by atoms with E-state index >= 15 is 0 Å².